The minimum atomic E-state index is 0.407. The highest BCUT2D eigenvalue weighted by Gasteiger charge is 1.97. The van der Waals surface area contributed by atoms with Gasteiger partial charge in [0.15, 0.2) is 0 Å². The van der Waals surface area contributed by atoms with E-state index in [4.69, 9.17) is 17.0 Å². The van der Waals surface area contributed by atoms with Crippen molar-refractivity contribution < 1.29 is 4.74 Å². The van der Waals surface area contributed by atoms with Crippen LogP contribution in [0.1, 0.15) is 6.92 Å². The Kier molecular flexibility index (Phi) is 4.18. The molecule has 2 nitrogen and oxygen atoms in total. The summed E-state index contributed by atoms with van der Waals surface area (Å²) in [4.78, 5) is 0. The van der Waals surface area contributed by atoms with E-state index in [2.05, 4.69) is 21.2 Å². The molecule has 0 fully saturated rings. The van der Waals surface area contributed by atoms with Gasteiger partial charge in [-0.1, -0.05) is 15.9 Å². The van der Waals surface area contributed by atoms with Crippen LogP contribution in [0.2, 0.25) is 0 Å². The standard InChI is InChI=1S/C9H10BrNOS/c1-2-11-9(13)12-8-5-3-7(10)4-6-8/h3-6H,2H2,1H3,(H,11,13). The van der Waals surface area contributed by atoms with Gasteiger partial charge in [-0.25, -0.2) is 0 Å². The van der Waals surface area contributed by atoms with Crippen LogP contribution in [0.15, 0.2) is 28.7 Å². The van der Waals surface area contributed by atoms with Crippen molar-refractivity contribution >= 4 is 33.3 Å². The molecule has 0 aromatic heterocycles. The van der Waals surface area contributed by atoms with Crippen molar-refractivity contribution in [1.29, 1.82) is 0 Å². The minimum absolute atomic E-state index is 0.407. The molecular formula is C9H10BrNOS. The molecule has 1 aromatic rings. The lowest BCUT2D eigenvalue weighted by Gasteiger charge is -2.06. The predicted octanol–water partition coefficient (Wildman–Crippen LogP) is 2.72. The Morgan fingerprint density at radius 2 is 2.08 bits per heavy atom. The lowest BCUT2D eigenvalue weighted by Crippen LogP contribution is -2.25. The van der Waals surface area contributed by atoms with E-state index in [0.29, 0.717) is 5.17 Å². The van der Waals surface area contributed by atoms with Crippen molar-refractivity contribution in [3.63, 3.8) is 0 Å². The second kappa shape index (κ2) is 5.19. The zero-order valence-corrected chi connectivity index (χ0v) is 9.61. The third-order valence-electron chi connectivity index (χ3n) is 1.35. The molecule has 0 bridgehead atoms. The first-order chi connectivity index (χ1) is 6.22. The quantitative estimate of drug-likeness (QED) is 0.826. The lowest BCUT2D eigenvalue weighted by atomic mass is 10.3. The molecule has 1 N–H and O–H groups in total. The third kappa shape index (κ3) is 3.74. The molecule has 70 valence electrons. The van der Waals surface area contributed by atoms with Gasteiger partial charge in [0.05, 0.1) is 0 Å². The predicted molar refractivity (Wildman–Crippen MR) is 61.0 cm³/mol. The summed E-state index contributed by atoms with van der Waals surface area (Å²) >= 11 is 8.26. The highest BCUT2D eigenvalue weighted by atomic mass is 79.9. The summed E-state index contributed by atoms with van der Waals surface area (Å²) in [5, 5.41) is 3.31. The Hall–Kier alpha value is -0.610. The molecule has 0 saturated carbocycles. The number of nitrogens with one attached hydrogen (secondary N) is 1. The van der Waals surface area contributed by atoms with Gasteiger partial charge in [0.25, 0.3) is 5.17 Å². The molecule has 1 aromatic carbocycles. The van der Waals surface area contributed by atoms with E-state index < -0.39 is 0 Å². The van der Waals surface area contributed by atoms with Crippen LogP contribution in [-0.2, 0) is 0 Å². The normalized spacial score (nSPS) is 9.38. The number of rotatable bonds is 2. The van der Waals surface area contributed by atoms with Crippen molar-refractivity contribution in [2.75, 3.05) is 6.54 Å². The summed E-state index contributed by atoms with van der Waals surface area (Å²) in [6, 6.07) is 7.52. The number of hydrogen-bond acceptors (Lipinski definition) is 2. The number of halogens is 1. The van der Waals surface area contributed by atoms with Gasteiger partial charge >= 0.3 is 0 Å². The molecule has 0 unspecified atom stereocenters. The Labute approximate surface area is 91.4 Å². The van der Waals surface area contributed by atoms with Crippen molar-refractivity contribution in [2.24, 2.45) is 0 Å². The van der Waals surface area contributed by atoms with Gasteiger partial charge in [0, 0.05) is 11.0 Å². The average Bonchev–Trinajstić information content (AvgIpc) is 2.09. The van der Waals surface area contributed by atoms with Crippen LogP contribution < -0.4 is 10.1 Å². The number of thiocarbonyl (C=S) groups is 1. The van der Waals surface area contributed by atoms with E-state index in [1.54, 1.807) is 0 Å². The van der Waals surface area contributed by atoms with Crippen LogP contribution in [0.3, 0.4) is 0 Å². The minimum Gasteiger partial charge on any atom is -0.432 e. The number of benzene rings is 1. The number of ether oxygens (including phenoxy) is 1. The summed E-state index contributed by atoms with van der Waals surface area (Å²) in [5.41, 5.74) is 0. The van der Waals surface area contributed by atoms with Gasteiger partial charge < -0.3 is 10.1 Å². The first-order valence-electron chi connectivity index (χ1n) is 3.93. The molecule has 13 heavy (non-hydrogen) atoms. The molecule has 0 atom stereocenters. The maximum atomic E-state index is 5.31. The summed E-state index contributed by atoms with van der Waals surface area (Å²) in [6.07, 6.45) is 0. The van der Waals surface area contributed by atoms with Crippen LogP contribution in [0.5, 0.6) is 5.75 Å². The van der Waals surface area contributed by atoms with E-state index in [9.17, 15) is 0 Å². The van der Waals surface area contributed by atoms with Gasteiger partial charge in [-0.05, 0) is 43.4 Å². The van der Waals surface area contributed by atoms with Crippen LogP contribution in [0.25, 0.3) is 0 Å². The number of hydrogen-bond donors (Lipinski definition) is 1. The maximum Gasteiger partial charge on any atom is 0.262 e. The highest BCUT2D eigenvalue weighted by Crippen LogP contribution is 2.15. The van der Waals surface area contributed by atoms with Gasteiger partial charge in [0.2, 0.25) is 0 Å². The van der Waals surface area contributed by atoms with E-state index in [-0.39, 0.29) is 0 Å². The molecule has 4 heteroatoms. The fourth-order valence-electron chi connectivity index (χ4n) is 0.790. The van der Waals surface area contributed by atoms with E-state index in [1.165, 1.54) is 0 Å². The lowest BCUT2D eigenvalue weighted by molar-refractivity contribution is 0.535. The Bertz CT molecular complexity index is 286. The van der Waals surface area contributed by atoms with Gasteiger partial charge in [-0.2, -0.15) is 0 Å². The Balaban J connectivity index is 2.54. The molecule has 0 aliphatic rings. The van der Waals surface area contributed by atoms with Crippen molar-refractivity contribution in [3.8, 4) is 5.75 Å². The Morgan fingerprint density at radius 1 is 1.46 bits per heavy atom. The molecule has 0 aliphatic heterocycles. The molecule has 0 amide bonds. The monoisotopic (exact) mass is 259 g/mol. The average molecular weight is 260 g/mol. The molecule has 0 heterocycles. The smallest absolute Gasteiger partial charge is 0.262 e. The molecule has 1 rings (SSSR count). The highest BCUT2D eigenvalue weighted by molar-refractivity contribution is 9.10. The molecule has 0 radical (unpaired) electrons. The molecule has 0 spiro atoms. The fourth-order valence-corrected chi connectivity index (χ4v) is 1.29. The second-order valence-corrected chi connectivity index (χ2v) is 3.66. The van der Waals surface area contributed by atoms with Crippen LogP contribution >= 0.6 is 28.1 Å². The molecule has 0 aliphatic carbocycles. The second-order valence-electron chi connectivity index (χ2n) is 2.37. The molecule has 0 saturated heterocycles. The van der Waals surface area contributed by atoms with Gasteiger partial charge in [0.1, 0.15) is 5.75 Å². The summed E-state index contributed by atoms with van der Waals surface area (Å²) in [7, 11) is 0. The van der Waals surface area contributed by atoms with E-state index in [1.807, 2.05) is 31.2 Å². The molecular weight excluding hydrogens is 250 g/mol. The fraction of sp³-hybridized carbons (Fsp3) is 0.222. The van der Waals surface area contributed by atoms with E-state index in [0.717, 1.165) is 16.8 Å². The summed E-state index contributed by atoms with van der Waals surface area (Å²) < 4.78 is 6.33. The van der Waals surface area contributed by atoms with Crippen LogP contribution in [0, 0.1) is 0 Å². The van der Waals surface area contributed by atoms with Crippen LogP contribution in [-0.4, -0.2) is 11.7 Å². The zero-order chi connectivity index (χ0) is 9.68. The largest absolute Gasteiger partial charge is 0.432 e. The summed E-state index contributed by atoms with van der Waals surface area (Å²) in [6.45, 7) is 2.74. The first kappa shape index (κ1) is 10.5. The Morgan fingerprint density at radius 3 is 2.62 bits per heavy atom. The maximum absolute atomic E-state index is 5.31. The SMILES string of the molecule is CCNC(=S)Oc1ccc(Br)cc1. The topological polar surface area (TPSA) is 21.3 Å². The first-order valence-corrected chi connectivity index (χ1v) is 5.13. The van der Waals surface area contributed by atoms with E-state index >= 15 is 0 Å². The van der Waals surface area contributed by atoms with Crippen molar-refractivity contribution in [1.82, 2.24) is 5.32 Å². The van der Waals surface area contributed by atoms with Gasteiger partial charge in [-0.15, -0.1) is 0 Å². The van der Waals surface area contributed by atoms with Crippen molar-refractivity contribution in [2.45, 2.75) is 6.92 Å². The van der Waals surface area contributed by atoms with Crippen molar-refractivity contribution in [3.05, 3.63) is 28.7 Å². The summed E-state index contributed by atoms with van der Waals surface area (Å²) in [5.74, 6) is 0.745. The third-order valence-corrected chi connectivity index (χ3v) is 2.10. The zero-order valence-electron chi connectivity index (χ0n) is 7.21. The van der Waals surface area contributed by atoms with Crippen LogP contribution in [0.4, 0.5) is 0 Å². The van der Waals surface area contributed by atoms with Gasteiger partial charge in [-0.3, -0.25) is 0 Å².